The van der Waals surface area contributed by atoms with Gasteiger partial charge >= 0.3 is 42.1 Å². The molecule has 0 atom stereocenters. The quantitative estimate of drug-likeness (QED) is 0.107. The summed E-state index contributed by atoms with van der Waals surface area (Å²) < 4.78 is 15.1. The molecule has 0 aliphatic heterocycles. The third kappa shape index (κ3) is 10.6. The second kappa shape index (κ2) is 19.8. The van der Waals surface area contributed by atoms with Crippen molar-refractivity contribution >= 4 is 21.8 Å². The zero-order valence-corrected chi connectivity index (χ0v) is 40.3. The molecule has 0 amide bonds. The van der Waals surface area contributed by atoms with E-state index < -0.39 is 0 Å². The number of fused-ring (bicyclic) bond motifs is 3. The van der Waals surface area contributed by atoms with Crippen molar-refractivity contribution in [1.82, 2.24) is 24.5 Å². The molecule has 314 valence electrons. The fourth-order valence-corrected chi connectivity index (χ4v) is 7.41. The minimum Gasteiger partial charge on any atom is -0.503 e. The monoisotopic (exact) mass is 1170 g/mol. The van der Waals surface area contributed by atoms with E-state index in [0.29, 0.717) is 40.8 Å². The van der Waals surface area contributed by atoms with Crippen LogP contribution >= 0.6 is 0 Å². The van der Waals surface area contributed by atoms with Crippen molar-refractivity contribution in [3.8, 4) is 51.5 Å². The summed E-state index contributed by atoms with van der Waals surface area (Å²) in [6.07, 6.45) is 9.20. The zero-order chi connectivity index (χ0) is 41.2. The first-order chi connectivity index (χ1) is 28.5. The molecule has 0 aliphatic rings. The molecule has 0 unspecified atom stereocenters. The summed E-state index contributed by atoms with van der Waals surface area (Å²) in [7, 11) is 0. The fraction of sp³-hybridized carbons (Fsp3) is 0.269. The first kappa shape index (κ1) is 45.6. The van der Waals surface area contributed by atoms with E-state index in [-0.39, 0.29) is 54.0 Å². The Morgan fingerprint density at radius 3 is 1.34 bits per heavy atom. The van der Waals surface area contributed by atoms with Gasteiger partial charge < -0.3 is 24.0 Å². The maximum absolute atomic E-state index is 6.59. The van der Waals surface area contributed by atoms with Gasteiger partial charge in [-0.1, -0.05) is 114 Å². The van der Waals surface area contributed by atoms with Gasteiger partial charge in [-0.3, -0.25) is 0 Å². The van der Waals surface area contributed by atoms with Crippen LogP contribution in [0, 0.1) is 36.1 Å². The Labute approximate surface area is 388 Å². The van der Waals surface area contributed by atoms with E-state index in [1.807, 2.05) is 53.4 Å². The third-order valence-corrected chi connectivity index (χ3v) is 10.3. The van der Waals surface area contributed by atoms with Gasteiger partial charge in [-0.25, -0.2) is 9.97 Å². The van der Waals surface area contributed by atoms with E-state index in [1.54, 1.807) is 18.5 Å². The minimum atomic E-state index is 0. The van der Waals surface area contributed by atoms with Crippen molar-refractivity contribution in [1.29, 1.82) is 0 Å². The molecule has 9 heteroatoms. The molecule has 0 saturated carbocycles. The van der Waals surface area contributed by atoms with E-state index in [2.05, 4.69) is 126 Å². The number of hydrogen-bond acceptors (Lipinski definition) is 6. The number of ether oxygens (including phenoxy) is 2. The maximum Gasteiger partial charge on any atom is 2.00 e. The number of pyridine rings is 2. The Hall–Kier alpha value is -4.96. The Morgan fingerprint density at radius 1 is 0.492 bits per heavy atom. The van der Waals surface area contributed by atoms with Gasteiger partial charge in [0.2, 0.25) is 5.95 Å². The number of rotatable bonds is 13. The smallest absolute Gasteiger partial charge is 0.503 e. The van der Waals surface area contributed by atoms with Crippen LogP contribution < -0.4 is 9.47 Å². The number of aromatic nitrogens is 5. The van der Waals surface area contributed by atoms with Crippen molar-refractivity contribution in [2.24, 2.45) is 11.8 Å². The van der Waals surface area contributed by atoms with Crippen LogP contribution in [0.4, 0.5) is 0 Å². The molecule has 0 bridgehead atoms. The van der Waals surface area contributed by atoms with Crippen molar-refractivity contribution in [2.75, 3.05) is 0 Å². The molecule has 8 aromatic rings. The largest absolute Gasteiger partial charge is 2.00 e. The van der Waals surface area contributed by atoms with Gasteiger partial charge in [0, 0.05) is 47.8 Å². The van der Waals surface area contributed by atoms with E-state index in [4.69, 9.17) is 19.4 Å². The van der Waals surface area contributed by atoms with Gasteiger partial charge in [-0.15, -0.1) is 58.7 Å². The Kier molecular flexibility index (Phi) is 14.8. The molecule has 0 fully saturated rings. The van der Waals surface area contributed by atoms with Gasteiger partial charge in [0.05, 0.1) is 0 Å². The summed E-state index contributed by atoms with van der Waals surface area (Å²) in [5.74, 6) is 4.40. The fourth-order valence-electron chi connectivity index (χ4n) is 7.41. The SMILES string of the molecule is CC(C)Cc1ccnc(-c2[c-]c(Oc3[c-]c4c(cc3)c3ccc(Oc5[c-]c(-c6cc(CC(C)C)ccn6)cc(C(C)C)c5)[c-]c3n4-c3ncccn3)cc(C(C)C)c2)c1.[Pt+2].[Pt+2]. The number of hydrogen-bond donors (Lipinski definition) is 0. The summed E-state index contributed by atoms with van der Waals surface area (Å²) in [5, 5.41) is 1.91. The van der Waals surface area contributed by atoms with Crippen LogP contribution in [-0.4, -0.2) is 24.5 Å². The molecular weight excluding hydrogens is 1120 g/mol. The number of nitrogens with zero attached hydrogens (tertiary/aromatic N) is 5. The molecule has 7 nitrogen and oxygen atoms in total. The van der Waals surface area contributed by atoms with Crippen molar-refractivity contribution < 1.29 is 51.6 Å². The molecule has 0 radical (unpaired) electrons. The molecule has 8 rings (SSSR count). The van der Waals surface area contributed by atoms with Gasteiger partial charge in [-0.05, 0) is 66.1 Å². The molecule has 0 aliphatic carbocycles. The molecular formula is C52H49N5O2Pt2. The topological polar surface area (TPSA) is 75.0 Å². The van der Waals surface area contributed by atoms with Gasteiger partial charge in [0.15, 0.2) is 0 Å². The first-order valence-electron chi connectivity index (χ1n) is 20.6. The van der Waals surface area contributed by atoms with E-state index in [9.17, 15) is 0 Å². The van der Waals surface area contributed by atoms with Crippen molar-refractivity contribution in [2.45, 2.75) is 80.1 Å². The van der Waals surface area contributed by atoms with Gasteiger partial charge in [0.25, 0.3) is 0 Å². The third-order valence-electron chi connectivity index (χ3n) is 10.3. The average molecular weight is 1170 g/mol. The Balaban J connectivity index is 0.00000311. The van der Waals surface area contributed by atoms with Crippen LogP contribution in [0.1, 0.15) is 89.5 Å². The second-order valence-corrected chi connectivity index (χ2v) is 16.7. The molecule has 0 spiro atoms. The summed E-state index contributed by atoms with van der Waals surface area (Å²) in [4.78, 5) is 18.8. The van der Waals surface area contributed by atoms with E-state index in [1.165, 1.54) is 11.1 Å². The minimum absolute atomic E-state index is 0. The molecule has 4 heterocycles. The predicted molar refractivity (Wildman–Crippen MR) is 236 cm³/mol. The summed E-state index contributed by atoms with van der Waals surface area (Å²) >= 11 is 0. The molecule has 61 heavy (non-hydrogen) atoms. The van der Waals surface area contributed by atoms with Crippen LogP contribution in [0.2, 0.25) is 0 Å². The van der Waals surface area contributed by atoms with Crippen molar-refractivity contribution in [3.05, 3.63) is 150 Å². The molecule has 0 saturated heterocycles. The second-order valence-electron chi connectivity index (χ2n) is 16.7. The van der Waals surface area contributed by atoms with E-state index in [0.717, 1.165) is 68.3 Å². The number of benzene rings is 4. The molecule has 4 aromatic carbocycles. The summed E-state index contributed by atoms with van der Waals surface area (Å²) in [5.41, 5.74) is 9.83. The van der Waals surface area contributed by atoms with Gasteiger partial charge in [0.1, 0.15) is 0 Å². The van der Waals surface area contributed by atoms with Crippen LogP contribution in [-0.2, 0) is 55.0 Å². The van der Waals surface area contributed by atoms with Crippen molar-refractivity contribution in [3.63, 3.8) is 0 Å². The van der Waals surface area contributed by atoms with Crippen LogP contribution in [0.25, 0.3) is 50.3 Å². The normalized spacial score (nSPS) is 11.4. The predicted octanol–water partition coefficient (Wildman–Crippen LogP) is 13.1. The Morgan fingerprint density at radius 2 is 0.934 bits per heavy atom. The van der Waals surface area contributed by atoms with Crippen LogP contribution in [0.3, 0.4) is 0 Å². The van der Waals surface area contributed by atoms with Gasteiger partial charge in [-0.2, -0.15) is 22.9 Å². The maximum atomic E-state index is 6.59. The summed E-state index contributed by atoms with van der Waals surface area (Å²) in [6, 6.07) is 40.8. The van der Waals surface area contributed by atoms with Crippen LogP contribution in [0.15, 0.2) is 104 Å². The summed E-state index contributed by atoms with van der Waals surface area (Å²) in [6.45, 7) is 17.6. The first-order valence-corrected chi connectivity index (χ1v) is 20.6. The Bertz CT molecular complexity index is 2590. The zero-order valence-electron chi connectivity index (χ0n) is 35.7. The standard InChI is InChI=1S/C52H49N5O2.2Pt/c1-32(2)20-36-14-18-53-48(22-36)40-24-38(34(5)6)26-44(28-40)58-42-10-12-46-47-13-11-43(31-51(47)57(50(46)30-42)52-55-16-9-17-56-52)59-45-27-39(35(7)8)25-41(29-45)49-23-37(15-19-54-49)21-33(3)4;;/h9-19,22-27,32-35H,20-21H2,1-8H3;;/q-4;2*+2. The van der Waals surface area contributed by atoms with Crippen LogP contribution in [0.5, 0.6) is 23.0 Å². The average Bonchev–Trinajstić information content (AvgIpc) is 3.53. The molecule has 4 aromatic heterocycles. The molecule has 0 N–H and O–H groups in total. The van der Waals surface area contributed by atoms with E-state index >= 15 is 0 Å².